The van der Waals surface area contributed by atoms with Gasteiger partial charge in [-0.3, -0.25) is 14.0 Å². The standard InChI is InChI=1S/C28H32ClN3O4S/c1-21-5-12-25(13-6-21)37(34,35)32(24-11-14-27(36-2)26(29)17-24)20-28(33)30-18-22-7-9-23(10-8-22)19-31-15-3-4-16-31/h5-14,17H,3-4,15-16,18-20H2,1-2H3,(H,30,33). The number of carbonyl (C=O) groups excluding carboxylic acids is 1. The highest BCUT2D eigenvalue weighted by Gasteiger charge is 2.28. The first-order valence-electron chi connectivity index (χ1n) is 12.3. The van der Waals surface area contributed by atoms with Crippen molar-refractivity contribution < 1.29 is 17.9 Å². The topological polar surface area (TPSA) is 79.0 Å². The van der Waals surface area contributed by atoms with E-state index < -0.39 is 22.5 Å². The molecule has 3 aromatic carbocycles. The van der Waals surface area contributed by atoms with E-state index >= 15 is 0 Å². The Kier molecular flexibility index (Phi) is 8.74. The molecule has 0 unspecified atom stereocenters. The van der Waals surface area contributed by atoms with Gasteiger partial charge in [-0.15, -0.1) is 0 Å². The molecule has 196 valence electrons. The van der Waals surface area contributed by atoms with E-state index in [4.69, 9.17) is 16.3 Å². The SMILES string of the molecule is COc1ccc(N(CC(=O)NCc2ccc(CN3CCCC3)cc2)S(=O)(=O)c2ccc(C)cc2)cc1Cl. The second-order valence-electron chi connectivity index (χ2n) is 9.22. The van der Waals surface area contributed by atoms with Crippen molar-refractivity contribution in [3.05, 3.63) is 88.4 Å². The number of anilines is 1. The van der Waals surface area contributed by atoms with Crippen molar-refractivity contribution >= 4 is 33.2 Å². The van der Waals surface area contributed by atoms with Crippen LogP contribution in [-0.2, 0) is 27.9 Å². The summed E-state index contributed by atoms with van der Waals surface area (Å²) >= 11 is 6.28. The number of ether oxygens (including phenoxy) is 1. The van der Waals surface area contributed by atoms with Crippen molar-refractivity contribution in [3.63, 3.8) is 0 Å². The molecule has 1 saturated heterocycles. The fourth-order valence-corrected chi connectivity index (χ4v) is 5.98. The Balaban J connectivity index is 1.48. The highest BCUT2D eigenvalue weighted by molar-refractivity contribution is 7.92. The summed E-state index contributed by atoms with van der Waals surface area (Å²) in [6.45, 7) is 4.99. The number of hydrogen-bond donors (Lipinski definition) is 1. The summed E-state index contributed by atoms with van der Waals surface area (Å²) in [4.78, 5) is 15.5. The predicted molar refractivity (Wildman–Crippen MR) is 147 cm³/mol. The van der Waals surface area contributed by atoms with Gasteiger partial charge in [-0.05, 0) is 74.3 Å². The second-order valence-corrected chi connectivity index (χ2v) is 11.5. The van der Waals surface area contributed by atoms with Gasteiger partial charge >= 0.3 is 0 Å². The van der Waals surface area contributed by atoms with Gasteiger partial charge in [0, 0.05) is 13.1 Å². The van der Waals surface area contributed by atoms with Crippen LogP contribution in [-0.4, -0.2) is 46.0 Å². The van der Waals surface area contributed by atoms with Gasteiger partial charge in [0.05, 0.1) is 22.7 Å². The quantitative estimate of drug-likeness (QED) is 0.400. The summed E-state index contributed by atoms with van der Waals surface area (Å²) in [6, 6.07) is 19.3. The van der Waals surface area contributed by atoms with E-state index in [1.54, 1.807) is 24.3 Å². The van der Waals surface area contributed by atoms with Crippen LogP contribution in [0, 0.1) is 6.92 Å². The van der Waals surface area contributed by atoms with Crippen molar-refractivity contribution in [3.8, 4) is 5.75 Å². The molecule has 0 saturated carbocycles. The maximum absolute atomic E-state index is 13.6. The molecule has 0 radical (unpaired) electrons. The van der Waals surface area contributed by atoms with Gasteiger partial charge in [0.15, 0.2) is 0 Å². The van der Waals surface area contributed by atoms with Gasteiger partial charge in [-0.1, -0.05) is 53.6 Å². The first-order chi connectivity index (χ1) is 17.8. The average Bonchev–Trinajstić information content (AvgIpc) is 3.40. The molecular weight excluding hydrogens is 510 g/mol. The van der Waals surface area contributed by atoms with Crippen LogP contribution < -0.4 is 14.4 Å². The number of methoxy groups -OCH3 is 1. The minimum atomic E-state index is -4.03. The summed E-state index contributed by atoms with van der Waals surface area (Å²) in [7, 11) is -2.55. The van der Waals surface area contributed by atoms with Gasteiger partial charge in [0.25, 0.3) is 10.0 Å². The molecule has 1 heterocycles. The number of hydrogen-bond acceptors (Lipinski definition) is 5. The second kappa shape index (κ2) is 12.0. The lowest BCUT2D eigenvalue weighted by molar-refractivity contribution is -0.119. The number of carbonyl (C=O) groups is 1. The third-order valence-corrected chi connectivity index (χ3v) is 8.52. The predicted octanol–water partition coefficient (Wildman–Crippen LogP) is 4.76. The summed E-state index contributed by atoms with van der Waals surface area (Å²) in [6.07, 6.45) is 2.51. The molecule has 1 N–H and O–H groups in total. The maximum Gasteiger partial charge on any atom is 0.264 e. The fourth-order valence-electron chi connectivity index (χ4n) is 4.31. The number of sulfonamides is 1. The van der Waals surface area contributed by atoms with Gasteiger partial charge in [-0.2, -0.15) is 0 Å². The van der Waals surface area contributed by atoms with Crippen LogP contribution in [0.5, 0.6) is 5.75 Å². The molecule has 0 bridgehead atoms. The lowest BCUT2D eigenvalue weighted by Crippen LogP contribution is -2.40. The maximum atomic E-state index is 13.6. The van der Waals surface area contributed by atoms with Crippen LogP contribution in [0.2, 0.25) is 5.02 Å². The minimum absolute atomic E-state index is 0.0893. The van der Waals surface area contributed by atoms with Crippen LogP contribution in [0.1, 0.15) is 29.5 Å². The summed E-state index contributed by atoms with van der Waals surface area (Å²) in [5.41, 5.74) is 3.39. The molecule has 1 aliphatic rings. The van der Waals surface area contributed by atoms with E-state index in [1.807, 2.05) is 19.1 Å². The molecule has 0 aliphatic carbocycles. The highest BCUT2D eigenvalue weighted by Crippen LogP contribution is 2.32. The van der Waals surface area contributed by atoms with Crippen LogP contribution in [0.25, 0.3) is 0 Å². The Morgan fingerprint density at radius 2 is 1.65 bits per heavy atom. The molecule has 0 aromatic heterocycles. The van der Waals surface area contributed by atoms with Crippen LogP contribution in [0.4, 0.5) is 5.69 Å². The molecule has 3 aromatic rings. The van der Waals surface area contributed by atoms with E-state index in [2.05, 4.69) is 22.3 Å². The van der Waals surface area contributed by atoms with Crippen LogP contribution in [0.15, 0.2) is 71.6 Å². The van der Waals surface area contributed by atoms with Gasteiger partial charge in [0.2, 0.25) is 5.91 Å². The largest absolute Gasteiger partial charge is 0.495 e. The van der Waals surface area contributed by atoms with E-state index in [0.29, 0.717) is 12.3 Å². The Morgan fingerprint density at radius 1 is 1.00 bits per heavy atom. The molecule has 1 aliphatic heterocycles. The normalized spacial score (nSPS) is 13.9. The number of likely N-dealkylation sites (tertiary alicyclic amines) is 1. The van der Waals surface area contributed by atoms with Gasteiger partial charge < -0.3 is 10.1 Å². The summed E-state index contributed by atoms with van der Waals surface area (Å²) in [5.74, 6) is -0.0144. The number of nitrogens with zero attached hydrogens (tertiary/aromatic N) is 2. The lowest BCUT2D eigenvalue weighted by atomic mass is 10.1. The van der Waals surface area contributed by atoms with Crippen molar-refractivity contribution in [2.24, 2.45) is 0 Å². The molecule has 0 spiro atoms. The van der Waals surface area contributed by atoms with Gasteiger partial charge in [0.1, 0.15) is 12.3 Å². The molecule has 1 amide bonds. The summed E-state index contributed by atoms with van der Waals surface area (Å²) in [5, 5.41) is 3.10. The third kappa shape index (κ3) is 6.83. The van der Waals surface area contributed by atoms with Gasteiger partial charge in [-0.25, -0.2) is 8.42 Å². The van der Waals surface area contributed by atoms with Crippen LogP contribution >= 0.6 is 11.6 Å². The molecular formula is C28H32ClN3O4S. The lowest BCUT2D eigenvalue weighted by Gasteiger charge is -2.24. The molecule has 1 fully saturated rings. The van der Waals surface area contributed by atoms with E-state index in [1.165, 1.54) is 43.7 Å². The molecule has 7 nitrogen and oxygen atoms in total. The number of halogens is 1. The highest BCUT2D eigenvalue weighted by atomic mass is 35.5. The first-order valence-corrected chi connectivity index (χ1v) is 14.1. The summed E-state index contributed by atoms with van der Waals surface area (Å²) < 4.78 is 33.4. The minimum Gasteiger partial charge on any atom is -0.495 e. The van der Waals surface area contributed by atoms with Crippen molar-refractivity contribution in [2.75, 3.05) is 31.0 Å². The zero-order chi connectivity index (χ0) is 26.4. The Morgan fingerprint density at radius 3 is 2.27 bits per heavy atom. The number of benzene rings is 3. The Labute approximate surface area is 224 Å². The van der Waals surface area contributed by atoms with Crippen molar-refractivity contribution in [1.82, 2.24) is 10.2 Å². The third-order valence-electron chi connectivity index (χ3n) is 6.44. The Hall–Kier alpha value is -3.07. The number of nitrogens with one attached hydrogen (secondary N) is 1. The molecule has 9 heteroatoms. The molecule has 4 rings (SSSR count). The first kappa shape index (κ1) is 27.0. The fraction of sp³-hybridized carbons (Fsp3) is 0.321. The molecule has 37 heavy (non-hydrogen) atoms. The smallest absolute Gasteiger partial charge is 0.264 e. The number of amides is 1. The number of aryl methyl sites for hydroxylation is 1. The van der Waals surface area contributed by atoms with Crippen molar-refractivity contribution in [2.45, 2.75) is 37.8 Å². The van der Waals surface area contributed by atoms with E-state index in [0.717, 1.165) is 35.1 Å². The monoisotopic (exact) mass is 541 g/mol. The van der Waals surface area contributed by atoms with Crippen molar-refractivity contribution in [1.29, 1.82) is 0 Å². The zero-order valence-corrected chi connectivity index (χ0v) is 22.7. The average molecular weight is 542 g/mol. The van der Waals surface area contributed by atoms with E-state index in [-0.39, 0.29) is 15.6 Å². The molecule has 0 atom stereocenters. The zero-order valence-electron chi connectivity index (χ0n) is 21.1. The Bertz CT molecular complexity index is 1320. The van der Waals surface area contributed by atoms with E-state index in [9.17, 15) is 13.2 Å². The van der Waals surface area contributed by atoms with Crippen LogP contribution in [0.3, 0.4) is 0 Å². The number of rotatable bonds is 10.